The van der Waals surface area contributed by atoms with Crippen LogP contribution < -0.4 is 4.74 Å². The molecule has 0 aliphatic rings. The van der Waals surface area contributed by atoms with E-state index >= 15 is 0 Å². The van der Waals surface area contributed by atoms with Gasteiger partial charge in [-0.2, -0.15) is 13.2 Å². The number of benzene rings is 2. The lowest BCUT2D eigenvalue weighted by molar-refractivity contribution is -0.274. The van der Waals surface area contributed by atoms with Crippen molar-refractivity contribution in [3.63, 3.8) is 0 Å². The molecule has 0 aliphatic carbocycles. The molecule has 0 amide bonds. The maximum atomic E-state index is 13.0. The molecule has 0 radical (unpaired) electrons. The van der Waals surface area contributed by atoms with Crippen LogP contribution in [0.5, 0.6) is 5.75 Å². The van der Waals surface area contributed by atoms with Crippen LogP contribution in [0.15, 0.2) is 42.5 Å². The fraction of sp³-hybridized carbons (Fsp3) is 0.125. The van der Waals surface area contributed by atoms with E-state index in [0.717, 1.165) is 24.3 Å². The standard InChI is InChI=1S/C16H8F6O/c1-2-10-7-8-11(9-14(10)23-16(20,21)22)12-5-3-4-6-13(12)15(17,18)19/h1,3-9H. The molecule has 0 heterocycles. The van der Waals surface area contributed by atoms with Crippen molar-refractivity contribution in [3.05, 3.63) is 53.6 Å². The van der Waals surface area contributed by atoms with E-state index in [0.29, 0.717) is 0 Å². The maximum Gasteiger partial charge on any atom is 0.573 e. The molecular formula is C16H8F6O. The average molecular weight is 330 g/mol. The SMILES string of the molecule is C#Cc1ccc(-c2ccccc2C(F)(F)F)cc1OC(F)(F)F. The number of hydrogen-bond acceptors (Lipinski definition) is 1. The highest BCUT2D eigenvalue weighted by Crippen LogP contribution is 2.38. The third-order valence-corrected chi connectivity index (χ3v) is 2.91. The molecule has 120 valence electrons. The molecule has 0 atom stereocenters. The van der Waals surface area contributed by atoms with Gasteiger partial charge in [0.2, 0.25) is 0 Å². The smallest absolute Gasteiger partial charge is 0.404 e. The van der Waals surface area contributed by atoms with Gasteiger partial charge in [-0.3, -0.25) is 0 Å². The Bertz CT molecular complexity index is 752. The fourth-order valence-corrected chi connectivity index (χ4v) is 2.00. The quantitative estimate of drug-likeness (QED) is 0.540. The largest absolute Gasteiger partial charge is 0.573 e. The van der Waals surface area contributed by atoms with Crippen LogP contribution >= 0.6 is 0 Å². The fourth-order valence-electron chi connectivity index (χ4n) is 2.00. The van der Waals surface area contributed by atoms with Crippen molar-refractivity contribution in [3.8, 4) is 29.2 Å². The highest BCUT2D eigenvalue weighted by atomic mass is 19.4. The number of rotatable bonds is 2. The van der Waals surface area contributed by atoms with Gasteiger partial charge in [0.1, 0.15) is 5.75 Å². The topological polar surface area (TPSA) is 9.23 Å². The minimum atomic E-state index is -5.01. The van der Waals surface area contributed by atoms with Crippen molar-refractivity contribution >= 4 is 0 Å². The predicted octanol–water partition coefficient (Wildman–Crippen LogP) is 5.25. The molecule has 23 heavy (non-hydrogen) atoms. The van der Waals surface area contributed by atoms with Gasteiger partial charge in [-0.05, 0) is 29.3 Å². The molecule has 0 N–H and O–H groups in total. The van der Waals surface area contributed by atoms with Crippen LogP contribution in [0.3, 0.4) is 0 Å². The molecule has 0 aromatic heterocycles. The molecule has 0 aliphatic heterocycles. The molecule has 1 nitrogen and oxygen atoms in total. The minimum absolute atomic E-state index is 0.0869. The van der Waals surface area contributed by atoms with Crippen LogP contribution in [0, 0.1) is 12.3 Å². The molecule has 2 aromatic carbocycles. The highest BCUT2D eigenvalue weighted by Gasteiger charge is 2.34. The van der Waals surface area contributed by atoms with Crippen LogP contribution in [0.25, 0.3) is 11.1 Å². The lowest BCUT2D eigenvalue weighted by atomic mass is 9.98. The first kappa shape index (κ1) is 16.7. The second kappa shape index (κ2) is 5.88. The Morgan fingerprint density at radius 1 is 0.913 bits per heavy atom. The first-order valence-electron chi connectivity index (χ1n) is 6.15. The van der Waals surface area contributed by atoms with Gasteiger partial charge < -0.3 is 4.74 Å². The summed E-state index contributed by atoms with van der Waals surface area (Å²) in [5, 5.41) is 0. The van der Waals surface area contributed by atoms with Crippen LogP contribution in [0.4, 0.5) is 26.3 Å². The Kier molecular flexibility index (Phi) is 4.28. The Morgan fingerprint density at radius 3 is 2.13 bits per heavy atom. The Labute approximate surface area is 127 Å². The highest BCUT2D eigenvalue weighted by molar-refractivity contribution is 5.71. The molecule has 7 heteroatoms. The molecule has 2 aromatic rings. The molecule has 0 bridgehead atoms. The van der Waals surface area contributed by atoms with E-state index in [9.17, 15) is 26.3 Å². The van der Waals surface area contributed by atoms with Gasteiger partial charge in [-0.25, -0.2) is 0 Å². The molecule has 0 fully saturated rings. The lowest BCUT2D eigenvalue weighted by Gasteiger charge is -2.15. The summed E-state index contributed by atoms with van der Waals surface area (Å²) >= 11 is 0. The van der Waals surface area contributed by atoms with Gasteiger partial charge in [0, 0.05) is 0 Å². The van der Waals surface area contributed by atoms with E-state index < -0.39 is 23.9 Å². The molecule has 0 saturated heterocycles. The zero-order valence-electron chi connectivity index (χ0n) is 11.3. The zero-order valence-corrected chi connectivity index (χ0v) is 11.3. The number of halogens is 6. The molecule has 0 spiro atoms. The van der Waals surface area contributed by atoms with E-state index in [1.165, 1.54) is 18.2 Å². The van der Waals surface area contributed by atoms with Gasteiger partial charge in [-0.15, -0.1) is 19.6 Å². The summed E-state index contributed by atoms with van der Waals surface area (Å²) in [5.41, 5.74) is -1.53. The predicted molar refractivity (Wildman–Crippen MR) is 71.5 cm³/mol. The summed E-state index contributed by atoms with van der Waals surface area (Å²) in [5.74, 6) is 1.27. The summed E-state index contributed by atoms with van der Waals surface area (Å²) in [6, 6.07) is 7.69. The summed E-state index contributed by atoms with van der Waals surface area (Å²) < 4.78 is 80.0. The van der Waals surface area contributed by atoms with Gasteiger partial charge in [0.15, 0.2) is 0 Å². The normalized spacial score (nSPS) is 11.9. The first-order chi connectivity index (χ1) is 10.6. The molecule has 0 unspecified atom stereocenters. The lowest BCUT2D eigenvalue weighted by Crippen LogP contribution is -2.18. The van der Waals surface area contributed by atoms with Crippen molar-refractivity contribution in [1.82, 2.24) is 0 Å². The van der Waals surface area contributed by atoms with Crippen molar-refractivity contribution < 1.29 is 31.1 Å². The van der Waals surface area contributed by atoms with Crippen LogP contribution in [-0.4, -0.2) is 6.36 Å². The Hall–Kier alpha value is -2.62. The Balaban J connectivity index is 2.59. The third kappa shape index (κ3) is 3.97. The number of ether oxygens (including phenoxy) is 1. The van der Waals surface area contributed by atoms with Crippen molar-refractivity contribution in [1.29, 1.82) is 0 Å². The number of terminal acetylenes is 1. The van der Waals surface area contributed by atoms with Crippen molar-refractivity contribution in [2.45, 2.75) is 12.5 Å². The summed E-state index contributed by atoms with van der Waals surface area (Å²) in [4.78, 5) is 0. The average Bonchev–Trinajstić information content (AvgIpc) is 2.44. The molecule has 0 saturated carbocycles. The van der Waals surface area contributed by atoms with E-state index in [1.807, 2.05) is 5.92 Å². The van der Waals surface area contributed by atoms with Gasteiger partial charge in [-0.1, -0.05) is 30.2 Å². The number of hydrogen-bond donors (Lipinski definition) is 0. The van der Waals surface area contributed by atoms with Gasteiger partial charge >= 0.3 is 12.5 Å². The Morgan fingerprint density at radius 2 is 1.57 bits per heavy atom. The van der Waals surface area contributed by atoms with E-state index in [1.54, 1.807) is 0 Å². The third-order valence-electron chi connectivity index (χ3n) is 2.91. The monoisotopic (exact) mass is 330 g/mol. The first-order valence-corrected chi connectivity index (χ1v) is 6.15. The van der Waals surface area contributed by atoms with Crippen LogP contribution in [-0.2, 0) is 6.18 Å². The maximum absolute atomic E-state index is 13.0. The van der Waals surface area contributed by atoms with Crippen LogP contribution in [0.1, 0.15) is 11.1 Å². The zero-order chi connectivity index (χ0) is 17.3. The van der Waals surface area contributed by atoms with Gasteiger partial charge in [0.05, 0.1) is 11.1 Å². The second-order valence-electron chi connectivity index (χ2n) is 4.45. The van der Waals surface area contributed by atoms with Gasteiger partial charge in [0.25, 0.3) is 0 Å². The van der Waals surface area contributed by atoms with E-state index in [-0.39, 0.29) is 16.7 Å². The van der Waals surface area contributed by atoms with E-state index in [2.05, 4.69) is 4.74 Å². The summed E-state index contributed by atoms with van der Waals surface area (Å²) in [6.07, 6.45) is -4.57. The summed E-state index contributed by atoms with van der Waals surface area (Å²) in [6.45, 7) is 0. The van der Waals surface area contributed by atoms with Crippen molar-refractivity contribution in [2.75, 3.05) is 0 Å². The second-order valence-corrected chi connectivity index (χ2v) is 4.45. The van der Waals surface area contributed by atoms with Crippen LogP contribution in [0.2, 0.25) is 0 Å². The van der Waals surface area contributed by atoms with Crippen molar-refractivity contribution in [2.24, 2.45) is 0 Å². The molecule has 2 rings (SSSR count). The molecular weight excluding hydrogens is 322 g/mol. The summed E-state index contributed by atoms with van der Waals surface area (Å²) in [7, 11) is 0. The number of alkyl halides is 6. The van der Waals surface area contributed by atoms with E-state index in [4.69, 9.17) is 6.42 Å². The minimum Gasteiger partial charge on any atom is -0.404 e.